The summed E-state index contributed by atoms with van der Waals surface area (Å²) < 4.78 is 36.3. The van der Waals surface area contributed by atoms with Crippen LogP contribution in [0.3, 0.4) is 0 Å². The van der Waals surface area contributed by atoms with Gasteiger partial charge >= 0.3 is 5.97 Å². The Morgan fingerprint density at radius 3 is 2.62 bits per heavy atom. The molecule has 8 nitrogen and oxygen atoms in total. The Morgan fingerprint density at radius 2 is 2.00 bits per heavy atom. The van der Waals surface area contributed by atoms with Crippen LogP contribution in [0.4, 0.5) is 5.69 Å². The van der Waals surface area contributed by atoms with Crippen molar-refractivity contribution in [3.63, 3.8) is 0 Å². The number of carbonyl (C=O) groups is 2. The molecule has 0 spiro atoms. The zero-order chi connectivity index (χ0) is 17.7. The standard InChI is InChI=1S/C14H17ClN2O6S/c1-10(18)23-9-14(19)16-11-2-3-12(15)13(8-11)24(20,21)17-4-6-22-7-5-17/h2-3,8H,4-7,9H2,1H3,(H,16,19). The maximum absolute atomic E-state index is 12.7. The Labute approximate surface area is 144 Å². The van der Waals surface area contributed by atoms with Gasteiger partial charge in [0, 0.05) is 25.7 Å². The van der Waals surface area contributed by atoms with E-state index in [1.165, 1.54) is 29.4 Å². The molecule has 1 aliphatic heterocycles. The molecule has 0 saturated carbocycles. The molecule has 0 unspecified atom stereocenters. The highest BCUT2D eigenvalue weighted by molar-refractivity contribution is 7.89. The SMILES string of the molecule is CC(=O)OCC(=O)Nc1ccc(Cl)c(S(=O)(=O)N2CCOCC2)c1. The van der Waals surface area contributed by atoms with Crippen molar-refractivity contribution in [2.75, 3.05) is 38.2 Å². The summed E-state index contributed by atoms with van der Waals surface area (Å²) in [6, 6.07) is 4.13. The molecular weight excluding hydrogens is 360 g/mol. The van der Waals surface area contributed by atoms with Crippen LogP contribution in [0.5, 0.6) is 0 Å². The molecule has 1 N–H and O–H groups in total. The molecule has 132 valence electrons. The summed E-state index contributed by atoms with van der Waals surface area (Å²) in [5, 5.41) is 2.51. The van der Waals surface area contributed by atoms with E-state index >= 15 is 0 Å². The first-order valence-corrected chi connectivity index (χ1v) is 8.93. The number of halogens is 1. The molecular formula is C14H17ClN2O6S. The lowest BCUT2D eigenvalue weighted by Crippen LogP contribution is -2.40. The molecule has 1 amide bonds. The summed E-state index contributed by atoms with van der Waals surface area (Å²) in [6.07, 6.45) is 0. The Morgan fingerprint density at radius 1 is 1.33 bits per heavy atom. The lowest BCUT2D eigenvalue weighted by Gasteiger charge is -2.26. The van der Waals surface area contributed by atoms with Gasteiger partial charge in [0.25, 0.3) is 5.91 Å². The van der Waals surface area contributed by atoms with Crippen molar-refractivity contribution in [2.24, 2.45) is 0 Å². The van der Waals surface area contributed by atoms with Crippen LogP contribution in [0.2, 0.25) is 5.02 Å². The molecule has 1 aromatic rings. The topological polar surface area (TPSA) is 102 Å². The molecule has 1 aromatic carbocycles. The third kappa shape index (κ3) is 4.67. The van der Waals surface area contributed by atoms with E-state index in [9.17, 15) is 18.0 Å². The Kier molecular flexibility index (Phi) is 6.16. The molecule has 24 heavy (non-hydrogen) atoms. The lowest BCUT2D eigenvalue weighted by atomic mass is 10.3. The maximum Gasteiger partial charge on any atom is 0.303 e. The van der Waals surface area contributed by atoms with E-state index in [-0.39, 0.29) is 28.7 Å². The van der Waals surface area contributed by atoms with E-state index in [2.05, 4.69) is 10.1 Å². The van der Waals surface area contributed by atoms with Gasteiger partial charge in [0.2, 0.25) is 10.0 Å². The highest BCUT2D eigenvalue weighted by atomic mass is 35.5. The third-order valence-corrected chi connectivity index (χ3v) is 5.59. The van der Waals surface area contributed by atoms with Crippen LogP contribution in [0.1, 0.15) is 6.92 Å². The number of benzene rings is 1. The van der Waals surface area contributed by atoms with Gasteiger partial charge in [0.05, 0.1) is 18.2 Å². The van der Waals surface area contributed by atoms with Crippen LogP contribution in [0.15, 0.2) is 23.1 Å². The van der Waals surface area contributed by atoms with Crippen LogP contribution in [0, 0.1) is 0 Å². The highest BCUT2D eigenvalue weighted by Crippen LogP contribution is 2.28. The van der Waals surface area contributed by atoms with Crippen molar-refractivity contribution in [1.82, 2.24) is 4.31 Å². The molecule has 0 aliphatic carbocycles. The number of ether oxygens (including phenoxy) is 2. The second kappa shape index (κ2) is 7.93. The quantitative estimate of drug-likeness (QED) is 0.765. The fraction of sp³-hybridized carbons (Fsp3) is 0.429. The second-order valence-electron chi connectivity index (χ2n) is 4.99. The average molecular weight is 377 g/mol. The molecule has 1 fully saturated rings. The van der Waals surface area contributed by atoms with E-state index in [1.807, 2.05) is 0 Å². The third-order valence-electron chi connectivity index (χ3n) is 3.21. The Hall–Kier alpha value is -1.68. The summed E-state index contributed by atoms with van der Waals surface area (Å²) in [6.45, 7) is 1.83. The maximum atomic E-state index is 12.7. The van der Waals surface area contributed by atoms with Gasteiger partial charge in [-0.25, -0.2) is 8.42 Å². The van der Waals surface area contributed by atoms with Crippen molar-refractivity contribution < 1.29 is 27.5 Å². The van der Waals surface area contributed by atoms with Crippen LogP contribution < -0.4 is 5.32 Å². The molecule has 0 bridgehead atoms. The molecule has 0 radical (unpaired) electrons. The number of nitrogens with one attached hydrogen (secondary N) is 1. The first kappa shape index (κ1) is 18.7. The van der Waals surface area contributed by atoms with Crippen LogP contribution in [0.25, 0.3) is 0 Å². The van der Waals surface area contributed by atoms with Gasteiger partial charge < -0.3 is 14.8 Å². The van der Waals surface area contributed by atoms with Gasteiger partial charge in [0.1, 0.15) is 4.90 Å². The highest BCUT2D eigenvalue weighted by Gasteiger charge is 2.28. The molecule has 2 rings (SSSR count). The number of amides is 1. The van der Waals surface area contributed by atoms with Gasteiger partial charge in [-0.3, -0.25) is 9.59 Å². The largest absolute Gasteiger partial charge is 0.456 e. The van der Waals surface area contributed by atoms with E-state index in [4.69, 9.17) is 16.3 Å². The first-order valence-electron chi connectivity index (χ1n) is 7.11. The molecule has 0 atom stereocenters. The molecule has 1 aliphatic rings. The van der Waals surface area contributed by atoms with Crippen molar-refractivity contribution in [1.29, 1.82) is 0 Å². The van der Waals surface area contributed by atoms with E-state index in [1.54, 1.807) is 0 Å². The normalized spacial score (nSPS) is 15.8. The van der Waals surface area contributed by atoms with Crippen LogP contribution >= 0.6 is 11.6 Å². The number of carbonyl (C=O) groups excluding carboxylic acids is 2. The summed E-state index contributed by atoms with van der Waals surface area (Å²) in [5.41, 5.74) is 0.239. The monoisotopic (exact) mass is 376 g/mol. The second-order valence-corrected chi connectivity index (χ2v) is 7.30. The minimum Gasteiger partial charge on any atom is -0.456 e. The number of morpholine rings is 1. The predicted molar refractivity (Wildman–Crippen MR) is 86.3 cm³/mol. The van der Waals surface area contributed by atoms with Crippen molar-refractivity contribution >= 4 is 39.2 Å². The van der Waals surface area contributed by atoms with Gasteiger partial charge in [0.15, 0.2) is 6.61 Å². The summed E-state index contributed by atoms with van der Waals surface area (Å²) in [4.78, 5) is 22.3. The number of hydrogen-bond donors (Lipinski definition) is 1. The van der Waals surface area contributed by atoms with Crippen molar-refractivity contribution in [3.8, 4) is 0 Å². The molecule has 0 aromatic heterocycles. The Bertz CT molecular complexity index is 731. The molecule has 1 saturated heterocycles. The number of rotatable bonds is 5. The zero-order valence-corrected chi connectivity index (χ0v) is 14.5. The van der Waals surface area contributed by atoms with E-state index in [0.29, 0.717) is 13.2 Å². The number of anilines is 1. The average Bonchev–Trinajstić information content (AvgIpc) is 2.55. The number of esters is 1. The van der Waals surface area contributed by atoms with Gasteiger partial charge in [-0.15, -0.1) is 0 Å². The fourth-order valence-corrected chi connectivity index (χ4v) is 3.98. The fourth-order valence-electron chi connectivity index (χ4n) is 2.07. The zero-order valence-electron chi connectivity index (χ0n) is 13.0. The number of nitrogens with zero attached hydrogens (tertiary/aromatic N) is 1. The van der Waals surface area contributed by atoms with Crippen LogP contribution in [-0.2, 0) is 29.1 Å². The number of sulfonamides is 1. The Balaban J connectivity index is 2.18. The van der Waals surface area contributed by atoms with E-state index < -0.39 is 28.5 Å². The van der Waals surface area contributed by atoms with E-state index in [0.717, 1.165) is 0 Å². The van der Waals surface area contributed by atoms with Gasteiger partial charge in [-0.05, 0) is 18.2 Å². The summed E-state index contributed by atoms with van der Waals surface area (Å²) in [5.74, 6) is -1.17. The first-order chi connectivity index (χ1) is 11.3. The minimum absolute atomic E-state index is 0.0551. The van der Waals surface area contributed by atoms with Gasteiger partial charge in [-0.2, -0.15) is 4.31 Å². The smallest absolute Gasteiger partial charge is 0.303 e. The van der Waals surface area contributed by atoms with Crippen LogP contribution in [-0.4, -0.2) is 57.5 Å². The summed E-state index contributed by atoms with van der Waals surface area (Å²) in [7, 11) is -3.79. The number of hydrogen-bond acceptors (Lipinski definition) is 6. The summed E-state index contributed by atoms with van der Waals surface area (Å²) >= 11 is 6.02. The molecule has 1 heterocycles. The van der Waals surface area contributed by atoms with Gasteiger partial charge in [-0.1, -0.05) is 11.6 Å². The lowest BCUT2D eigenvalue weighted by molar-refractivity contribution is -0.144. The van der Waals surface area contributed by atoms with Crippen molar-refractivity contribution in [3.05, 3.63) is 23.2 Å². The minimum atomic E-state index is -3.79. The van der Waals surface area contributed by atoms with Crippen molar-refractivity contribution in [2.45, 2.75) is 11.8 Å². The molecule has 10 heteroatoms. The predicted octanol–water partition coefficient (Wildman–Crippen LogP) is 0.862.